The Morgan fingerprint density at radius 1 is 1.03 bits per heavy atom. The fourth-order valence-electron chi connectivity index (χ4n) is 2.83. The van der Waals surface area contributed by atoms with E-state index in [1.807, 2.05) is 55.5 Å². The van der Waals surface area contributed by atoms with E-state index in [4.69, 9.17) is 9.15 Å². The molecule has 3 N–H and O–H groups in total. The monoisotopic (exact) mass is 534 g/mol. The van der Waals surface area contributed by atoms with Gasteiger partial charge < -0.3 is 25.1 Å². The molecule has 0 saturated carbocycles. The van der Waals surface area contributed by atoms with Crippen LogP contribution in [-0.4, -0.2) is 25.5 Å². The van der Waals surface area contributed by atoms with Crippen LogP contribution in [0, 0.1) is 0 Å². The fourth-order valence-corrected chi connectivity index (χ4v) is 2.83. The zero-order chi connectivity index (χ0) is 21.2. The maximum Gasteiger partial charge on any atom is 0.291 e. The Balaban J connectivity index is 0.00000341. The molecule has 7 nitrogen and oxygen atoms in total. The number of methoxy groups -OCH3 is 1. The number of aliphatic imine (C=N–C) groups is 1. The van der Waals surface area contributed by atoms with Crippen LogP contribution in [0.4, 0.5) is 5.69 Å². The lowest BCUT2D eigenvalue weighted by molar-refractivity contribution is 0.0996. The lowest BCUT2D eigenvalue weighted by atomic mass is 10.2. The van der Waals surface area contributed by atoms with Crippen LogP contribution in [0.3, 0.4) is 0 Å². The number of carbonyl (C=O) groups is 1. The molecule has 8 heteroatoms. The molecule has 0 bridgehead atoms. The molecule has 164 valence electrons. The van der Waals surface area contributed by atoms with Gasteiger partial charge in [-0.1, -0.05) is 30.3 Å². The third-order valence-electron chi connectivity index (χ3n) is 4.36. The molecule has 3 rings (SSSR count). The molecule has 3 aromatic rings. The number of halogens is 1. The molecule has 1 amide bonds. The molecule has 0 aliphatic heterocycles. The van der Waals surface area contributed by atoms with Gasteiger partial charge in [-0.15, -0.1) is 24.0 Å². The van der Waals surface area contributed by atoms with E-state index in [1.54, 1.807) is 19.2 Å². The highest BCUT2D eigenvalue weighted by molar-refractivity contribution is 14.0. The number of anilines is 1. The molecule has 0 saturated heterocycles. The lowest BCUT2D eigenvalue weighted by Crippen LogP contribution is -2.36. The van der Waals surface area contributed by atoms with Gasteiger partial charge in [-0.2, -0.15) is 0 Å². The van der Waals surface area contributed by atoms with Crippen molar-refractivity contribution in [3.63, 3.8) is 0 Å². The van der Waals surface area contributed by atoms with E-state index in [-0.39, 0.29) is 35.6 Å². The van der Waals surface area contributed by atoms with Crippen molar-refractivity contribution in [1.82, 2.24) is 10.6 Å². The van der Waals surface area contributed by atoms with Crippen molar-refractivity contribution in [2.75, 3.05) is 19.0 Å². The summed E-state index contributed by atoms with van der Waals surface area (Å²) in [5.74, 6) is 1.56. The number of amides is 1. The first-order valence-corrected chi connectivity index (χ1v) is 9.77. The molecular formula is C23H27IN4O3. The largest absolute Gasteiger partial charge is 0.496 e. The van der Waals surface area contributed by atoms with E-state index >= 15 is 0 Å². The molecule has 0 radical (unpaired) electrons. The summed E-state index contributed by atoms with van der Waals surface area (Å²) in [6, 6.07) is 18.8. The van der Waals surface area contributed by atoms with Crippen LogP contribution < -0.4 is 20.7 Å². The third-order valence-corrected chi connectivity index (χ3v) is 4.36. The van der Waals surface area contributed by atoms with Crippen LogP contribution in [0.5, 0.6) is 5.75 Å². The Kier molecular flexibility index (Phi) is 9.89. The number of benzene rings is 2. The number of para-hydroxylation sites is 1. The van der Waals surface area contributed by atoms with E-state index in [0.717, 1.165) is 29.4 Å². The van der Waals surface area contributed by atoms with Crippen molar-refractivity contribution in [1.29, 1.82) is 0 Å². The van der Waals surface area contributed by atoms with Gasteiger partial charge in [-0.3, -0.25) is 4.79 Å². The second-order valence-corrected chi connectivity index (χ2v) is 6.49. The Hall–Kier alpha value is -3.01. The fraction of sp³-hybridized carbons (Fsp3) is 0.217. The quantitative estimate of drug-likeness (QED) is 0.227. The van der Waals surface area contributed by atoms with E-state index in [2.05, 4.69) is 20.9 Å². The van der Waals surface area contributed by atoms with Gasteiger partial charge in [0.15, 0.2) is 11.7 Å². The summed E-state index contributed by atoms with van der Waals surface area (Å²) >= 11 is 0. The molecule has 0 aliphatic carbocycles. The summed E-state index contributed by atoms with van der Waals surface area (Å²) < 4.78 is 10.5. The zero-order valence-corrected chi connectivity index (χ0v) is 19.9. The second-order valence-electron chi connectivity index (χ2n) is 6.49. The van der Waals surface area contributed by atoms with Gasteiger partial charge >= 0.3 is 0 Å². The minimum atomic E-state index is -0.277. The van der Waals surface area contributed by atoms with Crippen molar-refractivity contribution >= 4 is 41.5 Å². The SMILES string of the molecule is CCNC(=NCc1ccc(NC(=O)c2ccco2)cc1)NCc1ccccc1OC.I. The van der Waals surface area contributed by atoms with Crippen LogP contribution in [0.1, 0.15) is 28.6 Å². The first-order chi connectivity index (χ1) is 14.7. The number of guanidine groups is 1. The topological polar surface area (TPSA) is 87.9 Å². The van der Waals surface area contributed by atoms with Crippen LogP contribution in [-0.2, 0) is 13.1 Å². The van der Waals surface area contributed by atoms with Crippen LogP contribution in [0.15, 0.2) is 76.3 Å². The van der Waals surface area contributed by atoms with Gasteiger partial charge in [0.1, 0.15) is 5.75 Å². The molecule has 0 atom stereocenters. The molecule has 1 heterocycles. The summed E-state index contributed by atoms with van der Waals surface area (Å²) in [6.07, 6.45) is 1.47. The number of nitrogens with zero attached hydrogens (tertiary/aromatic N) is 1. The highest BCUT2D eigenvalue weighted by Gasteiger charge is 2.08. The number of carbonyl (C=O) groups excluding carboxylic acids is 1. The van der Waals surface area contributed by atoms with E-state index in [9.17, 15) is 4.79 Å². The number of nitrogens with one attached hydrogen (secondary N) is 3. The predicted molar refractivity (Wildman–Crippen MR) is 133 cm³/mol. The highest BCUT2D eigenvalue weighted by atomic mass is 127. The second kappa shape index (κ2) is 12.6. The molecule has 1 aromatic heterocycles. The Labute approximate surface area is 199 Å². The summed E-state index contributed by atoms with van der Waals surface area (Å²) in [4.78, 5) is 16.7. The molecular weight excluding hydrogens is 507 g/mol. The average molecular weight is 534 g/mol. The number of hydrogen-bond acceptors (Lipinski definition) is 4. The minimum Gasteiger partial charge on any atom is -0.496 e. The average Bonchev–Trinajstić information content (AvgIpc) is 3.32. The first-order valence-electron chi connectivity index (χ1n) is 9.77. The van der Waals surface area contributed by atoms with Crippen LogP contribution in [0.25, 0.3) is 0 Å². The van der Waals surface area contributed by atoms with Crippen molar-refractivity contribution in [3.05, 3.63) is 83.8 Å². The summed E-state index contributed by atoms with van der Waals surface area (Å²) in [6.45, 7) is 3.90. The molecule has 0 unspecified atom stereocenters. The van der Waals surface area contributed by atoms with Gasteiger partial charge in [0.2, 0.25) is 0 Å². The maximum atomic E-state index is 12.0. The van der Waals surface area contributed by atoms with Crippen molar-refractivity contribution in [2.45, 2.75) is 20.0 Å². The van der Waals surface area contributed by atoms with Gasteiger partial charge in [0.05, 0.1) is 19.9 Å². The van der Waals surface area contributed by atoms with Crippen LogP contribution >= 0.6 is 24.0 Å². The zero-order valence-electron chi connectivity index (χ0n) is 17.6. The molecule has 0 fully saturated rings. The lowest BCUT2D eigenvalue weighted by Gasteiger charge is -2.13. The minimum absolute atomic E-state index is 0. The number of rotatable bonds is 8. The first kappa shape index (κ1) is 24.3. The van der Waals surface area contributed by atoms with E-state index < -0.39 is 0 Å². The Bertz CT molecular complexity index is 973. The van der Waals surface area contributed by atoms with Gasteiger partial charge in [-0.05, 0) is 42.8 Å². The van der Waals surface area contributed by atoms with Crippen molar-refractivity contribution in [2.24, 2.45) is 4.99 Å². The molecule has 0 aliphatic rings. The van der Waals surface area contributed by atoms with Gasteiger partial charge in [-0.25, -0.2) is 4.99 Å². The maximum absolute atomic E-state index is 12.0. The molecule has 0 spiro atoms. The number of hydrogen-bond donors (Lipinski definition) is 3. The van der Waals surface area contributed by atoms with E-state index in [0.29, 0.717) is 18.8 Å². The Morgan fingerprint density at radius 3 is 2.48 bits per heavy atom. The van der Waals surface area contributed by atoms with Crippen molar-refractivity contribution in [3.8, 4) is 5.75 Å². The predicted octanol–water partition coefficient (Wildman–Crippen LogP) is 4.41. The molecule has 31 heavy (non-hydrogen) atoms. The standard InChI is InChI=1S/C23H26N4O3.HI/c1-3-24-23(26-16-18-7-4-5-8-20(18)29-2)25-15-17-10-12-19(13-11-17)27-22(28)21-9-6-14-30-21;/h4-14H,3,15-16H2,1-2H3,(H,27,28)(H2,24,25,26);1H. The third kappa shape index (κ3) is 7.32. The van der Waals surface area contributed by atoms with Crippen molar-refractivity contribution < 1.29 is 13.9 Å². The van der Waals surface area contributed by atoms with Gasteiger partial charge in [0, 0.05) is 24.3 Å². The number of ether oxygens (including phenoxy) is 1. The summed E-state index contributed by atoms with van der Waals surface area (Å²) in [5.41, 5.74) is 2.79. The normalized spacial score (nSPS) is 10.7. The van der Waals surface area contributed by atoms with E-state index in [1.165, 1.54) is 6.26 Å². The molecule has 2 aromatic carbocycles. The van der Waals surface area contributed by atoms with Gasteiger partial charge in [0.25, 0.3) is 5.91 Å². The van der Waals surface area contributed by atoms with Crippen LogP contribution in [0.2, 0.25) is 0 Å². The summed E-state index contributed by atoms with van der Waals surface area (Å²) in [5, 5.41) is 9.37. The smallest absolute Gasteiger partial charge is 0.291 e. The highest BCUT2D eigenvalue weighted by Crippen LogP contribution is 2.16. The number of furan rings is 1. The summed E-state index contributed by atoms with van der Waals surface area (Å²) in [7, 11) is 1.67. The Morgan fingerprint density at radius 2 is 1.81 bits per heavy atom.